The van der Waals surface area contributed by atoms with E-state index in [0.29, 0.717) is 12.0 Å². The molecular weight excluding hydrogens is 236 g/mol. The zero-order chi connectivity index (χ0) is 13.6. The number of hydrogen-bond donors (Lipinski definition) is 1. The van der Waals surface area contributed by atoms with Crippen molar-refractivity contribution in [2.75, 3.05) is 25.0 Å². The van der Waals surface area contributed by atoms with Crippen LogP contribution in [0.25, 0.3) is 0 Å². The monoisotopic (exact) mass is 260 g/mol. The highest BCUT2D eigenvalue weighted by Gasteiger charge is 2.45. The topological polar surface area (TPSA) is 24.5 Å². The molecule has 2 aliphatic heterocycles. The van der Waals surface area contributed by atoms with Crippen LogP contribution in [0, 0.1) is 0 Å². The van der Waals surface area contributed by atoms with E-state index in [1.807, 2.05) is 0 Å². The van der Waals surface area contributed by atoms with Crippen molar-refractivity contribution in [1.82, 2.24) is 5.32 Å². The molecule has 1 N–H and O–H groups in total. The van der Waals surface area contributed by atoms with E-state index in [0.717, 1.165) is 19.7 Å². The standard InChI is InChI=1S/C16H24N2O/c1-11(2)18(4)15-7-5-6-12-13(15)9-19-16(3)10-17-8-14(12)16/h5-7,11,14,17H,8-10H2,1-4H3/t14-,16-/m0/s1. The minimum absolute atomic E-state index is 0.0258. The van der Waals surface area contributed by atoms with Crippen molar-refractivity contribution in [1.29, 1.82) is 0 Å². The Bertz CT molecular complexity index is 486. The lowest BCUT2D eigenvalue weighted by Crippen LogP contribution is -2.40. The van der Waals surface area contributed by atoms with Crippen LogP contribution >= 0.6 is 0 Å². The van der Waals surface area contributed by atoms with Crippen LogP contribution in [0.1, 0.15) is 37.8 Å². The molecule has 1 aromatic carbocycles. The van der Waals surface area contributed by atoms with Gasteiger partial charge < -0.3 is 15.0 Å². The van der Waals surface area contributed by atoms with Gasteiger partial charge in [-0.05, 0) is 32.4 Å². The number of ether oxygens (including phenoxy) is 1. The van der Waals surface area contributed by atoms with Crippen molar-refractivity contribution >= 4 is 5.69 Å². The molecule has 104 valence electrons. The van der Waals surface area contributed by atoms with Gasteiger partial charge in [0.1, 0.15) is 0 Å². The third kappa shape index (κ3) is 1.96. The molecule has 1 fully saturated rings. The van der Waals surface area contributed by atoms with Crippen molar-refractivity contribution < 1.29 is 4.74 Å². The smallest absolute Gasteiger partial charge is 0.0863 e. The highest BCUT2D eigenvalue weighted by Crippen LogP contribution is 2.43. The average molecular weight is 260 g/mol. The Kier molecular flexibility index (Phi) is 3.06. The second kappa shape index (κ2) is 4.50. The van der Waals surface area contributed by atoms with E-state index >= 15 is 0 Å². The van der Waals surface area contributed by atoms with Gasteiger partial charge in [0.2, 0.25) is 0 Å². The summed E-state index contributed by atoms with van der Waals surface area (Å²) in [5.74, 6) is 0.483. The number of fused-ring (bicyclic) bond motifs is 3. The zero-order valence-electron chi connectivity index (χ0n) is 12.4. The fraction of sp³-hybridized carbons (Fsp3) is 0.625. The fourth-order valence-corrected chi connectivity index (χ4v) is 3.32. The molecule has 0 aliphatic carbocycles. The number of anilines is 1. The first-order valence-corrected chi connectivity index (χ1v) is 7.22. The predicted molar refractivity (Wildman–Crippen MR) is 78.8 cm³/mol. The molecule has 2 heterocycles. The Morgan fingerprint density at radius 1 is 1.42 bits per heavy atom. The molecule has 3 rings (SSSR count). The third-order valence-corrected chi connectivity index (χ3v) is 4.83. The summed E-state index contributed by atoms with van der Waals surface area (Å²) in [6.45, 7) is 9.41. The lowest BCUT2D eigenvalue weighted by Gasteiger charge is -2.39. The van der Waals surface area contributed by atoms with Crippen LogP contribution in [0.2, 0.25) is 0 Å². The average Bonchev–Trinajstić information content (AvgIpc) is 2.79. The minimum Gasteiger partial charge on any atom is -0.372 e. The van der Waals surface area contributed by atoms with Crippen molar-refractivity contribution in [3.8, 4) is 0 Å². The Morgan fingerprint density at radius 3 is 2.95 bits per heavy atom. The number of nitrogens with zero attached hydrogens (tertiary/aromatic N) is 1. The predicted octanol–water partition coefficient (Wildman–Crippen LogP) is 2.51. The van der Waals surface area contributed by atoms with Crippen LogP contribution in [0.4, 0.5) is 5.69 Å². The van der Waals surface area contributed by atoms with Gasteiger partial charge in [-0.25, -0.2) is 0 Å². The highest BCUT2D eigenvalue weighted by molar-refractivity contribution is 5.59. The van der Waals surface area contributed by atoms with Gasteiger partial charge in [-0.2, -0.15) is 0 Å². The molecule has 0 radical (unpaired) electrons. The molecule has 0 unspecified atom stereocenters. The minimum atomic E-state index is -0.0258. The van der Waals surface area contributed by atoms with Crippen LogP contribution in [0.3, 0.4) is 0 Å². The first kappa shape index (κ1) is 12.9. The molecule has 2 aliphatic rings. The summed E-state index contributed by atoms with van der Waals surface area (Å²) in [6.07, 6.45) is 0. The molecule has 1 aromatic rings. The summed E-state index contributed by atoms with van der Waals surface area (Å²) in [4.78, 5) is 2.34. The molecule has 3 heteroatoms. The van der Waals surface area contributed by atoms with E-state index in [9.17, 15) is 0 Å². The van der Waals surface area contributed by atoms with Crippen LogP contribution in [-0.2, 0) is 11.3 Å². The summed E-state index contributed by atoms with van der Waals surface area (Å²) in [7, 11) is 2.17. The van der Waals surface area contributed by atoms with Gasteiger partial charge in [0, 0.05) is 43.3 Å². The Morgan fingerprint density at radius 2 is 2.21 bits per heavy atom. The molecular formula is C16H24N2O. The summed E-state index contributed by atoms with van der Waals surface area (Å²) < 4.78 is 6.20. The van der Waals surface area contributed by atoms with Gasteiger partial charge in [0.25, 0.3) is 0 Å². The van der Waals surface area contributed by atoms with Gasteiger partial charge in [-0.1, -0.05) is 12.1 Å². The molecule has 1 saturated heterocycles. The van der Waals surface area contributed by atoms with E-state index in [4.69, 9.17) is 4.74 Å². The van der Waals surface area contributed by atoms with Crippen molar-refractivity contribution in [3.63, 3.8) is 0 Å². The summed E-state index contributed by atoms with van der Waals surface area (Å²) in [5, 5.41) is 3.48. The molecule has 0 aromatic heterocycles. The number of nitrogens with one attached hydrogen (secondary N) is 1. The van der Waals surface area contributed by atoms with Gasteiger partial charge in [-0.3, -0.25) is 0 Å². The SMILES string of the molecule is CC(C)N(C)c1cccc2c1CO[C@@]1(C)CNC[C@@H]21. The van der Waals surface area contributed by atoms with E-state index < -0.39 is 0 Å². The Hall–Kier alpha value is -1.06. The molecule has 3 nitrogen and oxygen atoms in total. The lowest BCUT2D eigenvalue weighted by atomic mass is 9.81. The van der Waals surface area contributed by atoms with E-state index in [2.05, 4.69) is 56.2 Å². The van der Waals surface area contributed by atoms with Crippen molar-refractivity contribution in [2.45, 2.75) is 44.9 Å². The number of hydrogen-bond acceptors (Lipinski definition) is 3. The summed E-state index contributed by atoms with van der Waals surface area (Å²) in [5.41, 5.74) is 4.15. The van der Waals surface area contributed by atoms with Gasteiger partial charge in [0.05, 0.1) is 12.2 Å². The second-order valence-corrected chi connectivity index (χ2v) is 6.33. The van der Waals surface area contributed by atoms with E-state index in [1.54, 1.807) is 0 Å². The largest absolute Gasteiger partial charge is 0.372 e. The van der Waals surface area contributed by atoms with Crippen molar-refractivity contribution in [3.05, 3.63) is 29.3 Å². The molecule has 0 saturated carbocycles. The fourth-order valence-electron chi connectivity index (χ4n) is 3.32. The molecule has 0 amide bonds. The lowest BCUT2D eigenvalue weighted by molar-refractivity contribution is -0.0515. The highest BCUT2D eigenvalue weighted by atomic mass is 16.5. The molecule has 0 bridgehead atoms. The molecule has 19 heavy (non-hydrogen) atoms. The first-order valence-electron chi connectivity index (χ1n) is 7.22. The van der Waals surface area contributed by atoms with Crippen LogP contribution in [0.15, 0.2) is 18.2 Å². The normalized spacial score (nSPS) is 29.2. The van der Waals surface area contributed by atoms with Gasteiger partial charge in [-0.15, -0.1) is 0 Å². The summed E-state index contributed by atoms with van der Waals surface area (Å²) in [6, 6.07) is 7.19. The van der Waals surface area contributed by atoms with Crippen LogP contribution in [-0.4, -0.2) is 31.8 Å². The maximum Gasteiger partial charge on any atom is 0.0863 e. The Balaban J connectivity index is 2.05. The maximum absolute atomic E-state index is 6.20. The number of rotatable bonds is 2. The van der Waals surface area contributed by atoms with Crippen molar-refractivity contribution in [2.24, 2.45) is 0 Å². The Labute approximate surface area is 115 Å². The molecule has 0 spiro atoms. The summed E-state index contributed by atoms with van der Waals surface area (Å²) >= 11 is 0. The van der Waals surface area contributed by atoms with Gasteiger partial charge in [0.15, 0.2) is 0 Å². The quantitative estimate of drug-likeness (QED) is 0.884. The van der Waals surface area contributed by atoms with Crippen LogP contribution < -0.4 is 10.2 Å². The van der Waals surface area contributed by atoms with E-state index in [1.165, 1.54) is 16.8 Å². The number of benzene rings is 1. The third-order valence-electron chi connectivity index (χ3n) is 4.83. The zero-order valence-corrected chi connectivity index (χ0v) is 12.4. The first-order chi connectivity index (χ1) is 9.03. The molecule has 2 atom stereocenters. The maximum atomic E-state index is 6.20. The van der Waals surface area contributed by atoms with Crippen LogP contribution in [0.5, 0.6) is 0 Å². The van der Waals surface area contributed by atoms with Gasteiger partial charge >= 0.3 is 0 Å². The van der Waals surface area contributed by atoms with E-state index in [-0.39, 0.29) is 5.60 Å². The second-order valence-electron chi connectivity index (χ2n) is 6.33.